The lowest BCUT2D eigenvalue weighted by atomic mass is 10.1. The quantitative estimate of drug-likeness (QED) is 0.790. The first-order valence-electron chi connectivity index (χ1n) is 4.71. The van der Waals surface area contributed by atoms with Gasteiger partial charge in [0.25, 0.3) is 0 Å². The van der Waals surface area contributed by atoms with Gasteiger partial charge >= 0.3 is 5.97 Å². The lowest BCUT2D eigenvalue weighted by Crippen LogP contribution is -2.01. The Morgan fingerprint density at radius 3 is 2.93 bits per heavy atom. The molecule has 1 aromatic rings. The molecular weight excluding hydrogens is 196 g/mol. The van der Waals surface area contributed by atoms with Crippen molar-refractivity contribution in [3.8, 4) is 5.88 Å². The Labute approximate surface area is 88.1 Å². The fourth-order valence-electron chi connectivity index (χ4n) is 1.25. The van der Waals surface area contributed by atoms with Crippen molar-refractivity contribution >= 4 is 5.97 Å². The van der Waals surface area contributed by atoms with Crippen LogP contribution in [-0.4, -0.2) is 28.2 Å². The highest BCUT2D eigenvalue weighted by atomic mass is 16.5. The number of hydrogen-bond donors (Lipinski definition) is 1. The molecule has 0 fully saturated rings. The predicted molar refractivity (Wildman–Crippen MR) is 53.9 cm³/mol. The number of carbonyl (C=O) groups is 1. The molecule has 0 atom stereocenters. The first-order chi connectivity index (χ1) is 7.13. The molecule has 5 heteroatoms. The summed E-state index contributed by atoms with van der Waals surface area (Å²) in [4.78, 5) is 18.5. The maximum atomic E-state index is 10.3. The zero-order valence-electron chi connectivity index (χ0n) is 8.86. The molecule has 0 aliphatic rings. The van der Waals surface area contributed by atoms with Gasteiger partial charge in [0.15, 0.2) is 0 Å². The molecule has 1 N–H and O–H groups in total. The molecule has 0 aromatic carbocycles. The third-order valence-corrected chi connectivity index (χ3v) is 1.98. The largest absolute Gasteiger partial charge is 0.481 e. The molecule has 0 aliphatic heterocycles. The highest BCUT2D eigenvalue weighted by Gasteiger charge is 2.06. The third-order valence-electron chi connectivity index (χ3n) is 1.98. The average Bonchev–Trinajstić information content (AvgIpc) is 2.19. The van der Waals surface area contributed by atoms with Gasteiger partial charge in [-0.3, -0.25) is 4.79 Å². The molecule has 0 spiro atoms. The fraction of sp³-hybridized carbons (Fsp3) is 0.500. The SMILES string of the molecule is COc1nc(C)ncc1CCCC(=O)O. The predicted octanol–water partition coefficient (Wildman–Crippen LogP) is 1.20. The van der Waals surface area contributed by atoms with Crippen molar-refractivity contribution in [2.24, 2.45) is 0 Å². The van der Waals surface area contributed by atoms with Gasteiger partial charge in [-0.1, -0.05) is 0 Å². The number of hydrogen-bond acceptors (Lipinski definition) is 4. The van der Waals surface area contributed by atoms with E-state index in [0.717, 1.165) is 5.56 Å². The molecule has 5 nitrogen and oxygen atoms in total. The monoisotopic (exact) mass is 210 g/mol. The lowest BCUT2D eigenvalue weighted by Gasteiger charge is -2.06. The molecular formula is C10H14N2O3. The number of nitrogens with zero attached hydrogens (tertiary/aromatic N) is 2. The van der Waals surface area contributed by atoms with Crippen molar-refractivity contribution in [1.82, 2.24) is 9.97 Å². The first-order valence-corrected chi connectivity index (χ1v) is 4.71. The van der Waals surface area contributed by atoms with Crippen LogP contribution in [0.25, 0.3) is 0 Å². The molecule has 0 saturated heterocycles. The number of aliphatic carboxylic acids is 1. The van der Waals surface area contributed by atoms with Gasteiger partial charge in [-0.05, 0) is 19.8 Å². The van der Waals surface area contributed by atoms with Crippen LogP contribution >= 0.6 is 0 Å². The van der Waals surface area contributed by atoms with E-state index in [9.17, 15) is 4.79 Å². The Morgan fingerprint density at radius 1 is 1.60 bits per heavy atom. The Kier molecular flexibility index (Phi) is 4.03. The second-order valence-corrected chi connectivity index (χ2v) is 3.20. The summed E-state index contributed by atoms with van der Waals surface area (Å²) in [5.41, 5.74) is 0.851. The van der Waals surface area contributed by atoms with Crippen LogP contribution in [0.3, 0.4) is 0 Å². The minimum atomic E-state index is -0.790. The number of methoxy groups -OCH3 is 1. The number of ether oxygens (including phenoxy) is 1. The van der Waals surface area contributed by atoms with Gasteiger partial charge in [-0.15, -0.1) is 0 Å². The van der Waals surface area contributed by atoms with Gasteiger partial charge in [-0.2, -0.15) is 4.98 Å². The zero-order valence-corrected chi connectivity index (χ0v) is 8.86. The zero-order chi connectivity index (χ0) is 11.3. The minimum Gasteiger partial charge on any atom is -0.481 e. The van der Waals surface area contributed by atoms with Crippen molar-refractivity contribution in [3.05, 3.63) is 17.6 Å². The van der Waals surface area contributed by atoms with E-state index in [0.29, 0.717) is 24.5 Å². The van der Waals surface area contributed by atoms with Crippen molar-refractivity contribution in [2.75, 3.05) is 7.11 Å². The van der Waals surface area contributed by atoms with Crippen LogP contribution in [0.2, 0.25) is 0 Å². The highest BCUT2D eigenvalue weighted by Crippen LogP contribution is 2.16. The van der Waals surface area contributed by atoms with Crippen molar-refractivity contribution < 1.29 is 14.6 Å². The Balaban J connectivity index is 2.63. The van der Waals surface area contributed by atoms with E-state index >= 15 is 0 Å². The van der Waals surface area contributed by atoms with Crippen LogP contribution in [0, 0.1) is 6.92 Å². The van der Waals surface area contributed by atoms with Gasteiger partial charge < -0.3 is 9.84 Å². The molecule has 0 amide bonds. The van der Waals surface area contributed by atoms with Gasteiger partial charge in [0, 0.05) is 18.2 Å². The molecule has 15 heavy (non-hydrogen) atoms. The summed E-state index contributed by atoms with van der Waals surface area (Å²) in [6, 6.07) is 0. The first kappa shape index (κ1) is 11.4. The van der Waals surface area contributed by atoms with E-state index in [1.54, 1.807) is 20.2 Å². The van der Waals surface area contributed by atoms with Gasteiger partial charge in [0.2, 0.25) is 5.88 Å². The smallest absolute Gasteiger partial charge is 0.303 e. The lowest BCUT2D eigenvalue weighted by molar-refractivity contribution is -0.137. The second kappa shape index (κ2) is 5.29. The second-order valence-electron chi connectivity index (χ2n) is 3.20. The van der Waals surface area contributed by atoms with Crippen molar-refractivity contribution in [2.45, 2.75) is 26.2 Å². The summed E-state index contributed by atoms with van der Waals surface area (Å²) >= 11 is 0. The number of carboxylic acids is 1. The summed E-state index contributed by atoms with van der Waals surface area (Å²) in [7, 11) is 1.54. The van der Waals surface area contributed by atoms with Crippen molar-refractivity contribution in [3.63, 3.8) is 0 Å². The maximum Gasteiger partial charge on any atom is 0.303 e. The molecule has 0 radical (unpaired) electrons. The topological polar surface area (TPSA) is 72.3 Å². The molecule has 0 saturated carbocycles. The Morgan fingerprint density at radius 2 is 2.33 bits per heavy atom. The summed E-state index contributed by atoms with van der Waals surface area (Å²) in [5.74, 6) is 0.392. The van der Waals surface area contributed by atoms with Gasteiger partial charge in [0.05, 0.1) is 7.11 Å². The molecule has 0 aliphatic carbocycles. The van der Waals surface area contributed by atoms with E-state index in [-0.39, 0.29) is 6.42 Å². The average molecular weight is 210 g/mol. The van der Waals surface area contributed by atoms with Crippen LogP contribution < -0.4 is 4.74 Å². The number of aromatic nitrogens is 2. The van der Waals surface area contributed by atoms with Crippen LogP contribution in [0.4, 0.5) is 0 Å². The Hall–Kier alpha value is -1.65. The highest BCUT2D eigenvalue weighted by molar-refractivity contribution is 5.66. The minimum absolute atomic E-state index is 0.150. The van der Waals surface area contributed by atoms with E-state index < -0.39 is 5.97 Å². The van der Waals surface area contributed by atoms with Gasteiger partial charge in [-0.25, -0.2) is 4.98 Å². The summed E-state index contributed by atoms with van der Waals surface area (Å²) in [6.07, 6.45) is 3.02. The molecule has 1 rings (SSSR count). The Bertz CT molecular complexity index is 353. The molecule has 1 aromatic heterocycles. The van der Waals surface area contributed by atoms with Crippen LogP contribution in [-0.2, 0) is 11.2 Å². The van der Waals surface area contributed by atoms with E-state index in [4.69, 9.17) is 9.84 Å². The standard InChI is InChI=1S/C10H14N2O3/c1-7-11-6-8(10(12-7)15-2)4-3-5-9(13)14/h6H,3-5H2,1-2H3,(H,13,14). The van der Waals surface area contributed by atoms with Crippen molar-refractivity contribution in [1.29, 1.82) is 0 Å². The normalized spacial score (nSPS) is 10.0. The third kappa shape index (κ3) is 3.53. The van der Waals surface area contributed by atoms with Crippen LogP contribution in [0.1, 0.15) is 24.2 Å². The summed E-state index contributed by atoms with van der Waals surface area (Å²) in [5, 5.41) is 8.50. The number of aryl methyl sites for hydroxylation is 2. The summed E-state index contributed by atoms with van der Waals surface area (Å²) in [6.45, 7) is 1.78. The van der Waals surface area contributed by atoms with E-state index in [2.05, 4.69) is 9.97 Å². The maximum absolute atomic E-state index is 10.3. The van der Waals surface area contributed by atoms with E-state index in [1.165, 1.54) is 0 Å². The van der Waals surface area contributed by atoms with E-state index in [1.807, 2.05) is 0 Å². The summed E-state index contributed by atoms with van der Waals surface area (Å²) < 4.78 is 5.09. The number of rotatable bonds is 5. The fourth-order valence-corrected chi connectivity index (χ4v) is 1.25. The van der Waals surface area contributed by atoms with Crippen LogP contribution in [0.15, 0.2) is 6.20 Å². The molecule has 0 unspecified atom stereocenters. The van der Waals surface area contributed by atoms with Gasteiger partial charge in [0.1, 0.15) is 5.82 Å². The molecule has 0 bridgehead atoms. The molecule has 1 heterocycles. The van der Waals surface area contributed by atoms with Crippen LogP contribution in [0.5, 0.6) is 5.88 Å². The molecule has 82 valence electrons. The number of carboxylic acid groups (broad SMARTS) is 1.